The van der Waals surface area contributed by atoms with Gasteiger partial charge in [-0.3, -0.25) is 4.79 Å². The number of ether oxygens (including phenoxy) is 1. The normalized spacial score (nSPS) is 10.5. The van der Waals surface area contributed by atoms with Gasteiger partial charge in [-0.15, -0.1) is 0 Å². The Bertz CT molecular complexity index is 792. The maximum absolute atomic E-state index is 11.9. The van der Waals surface area contributed by atoms with Crippen LogP contribution in [0.15, 0.2) is 47.3 Å². The van der Waals surface area contributed by atoms with Crippen LogP contribution < -0.4 is 5.32 Å². The van der Waals surface area contributed by atoms with E-state index in [0.29, 0.717) is 11.3 Å². The Labute approximate surface area is 125 Å². The van der Waals surface area contributed by atoms with E-state index in [1.807, 2.05) is 0 Å². The summed E-state index contributed by atoms with van der Waals surface area (Å²) in [5, 5.41) is 2.59. The van der Waals surface area contributed by atoms with Crippen molar-refractivity contribution >= 4 is 22.9 Å². The SMILES string of the molecule is O=C(COC(=O)c1ccc2nc[nH]c2c1)NCc1ccco1. The minimum absolute atomic E-state index is 0.253. The van der Waals surface area contributed by atoms with Crippen LogP contribution in [-0.2, 0) is 16.1 Å². The fraction of sp³-hybridized carbons (Fsp3) is 0.133. The zero-order valence-corrected chi connectivity index (χ0v) is 11.5. The van der Waals surface area contributed by atoms with Crippen LogP contribution >= 0.6 is 0 Å². The van der Waals surface area contributed by atoms with Crippen LogP contribution in [0, 0.1) is 0 Å². The average molecular weight is 299 g/mol. The molecule has 7 heteroatoms. The molecule has 0 unspecified atom stereocenters. The number of carbonyl (C=O) groups is 2. The van der Waals surface area contributed by atoms with Crippen molar-refractivity contribution in [3.8, 4) is 0 Å². The summed E-state index contributed by atoms with van der Waals surface area (Å²) in [4.78, 5) is 30.5. The van der Waals surface area contributed by atoms with Crippen molar-refractivity contribution in [3.63, 3.8) is 0 Å². The van der Waals surface area contributed by atoms with E-state index < -0.39 is 11.9 Å². The first-order chi connectivity index (χ1) is 10.7. The molecule has 3 rings (SSSR count). The second-order valence-corrected chi connectivity index (χ2v) is 4.57. The lowest BCUT2D eigenvalue weighted by Crippen LogP contribution is -2.28. The Morgan fingerprint density at radius 3 is 3.05 bits per heavy atom. The molecule has 0 aliphatic heterocycles. The maximum Gasteiger partial charge on any atom is 0.338 e. The first-order valence-electron chi connectivity index (χ1n) is 6.62. The van der Waals surface area contributed by atoms with Crippen molar-refractivity contribution in [2.45, 2.75) is 6.54 Å². The molecule has 3 aromatic rings. The summed E-state index contributed by atoms with van der Waals surface area (Å²) in [6.07, 6.45) is 3.06. The first kappa shape index (κ1) is 13.9. The number of fused-ring (bicyclic) bond motifs is 1. The molecule has 2 N–H and O–H groups in total. The van der Waals surface area contributed by atoms with Crippen LogP contribution in [0.2, 0.25) is 0 Å². The molecule has 0 radical (unpaired) electrons. The van der Waals surface area contributed by atoms with Gasteiger partial charge in [0, 0.05) is 0 Å². The Morgan fingerprint density at radius 2 is 2.23 bits per heavy atom. The number of hydrogen-bond acceptors (Lipinski definition) is 5. The van der Waals surface area contributed by atoms with Crippen molar-refractivity contribution in [3.05, 3.63) is 54.2 Å². The molecule has 22 heavy (non-hydrogen) atoms. The van der Waals surface area contributed by atoms with Gasteiger partial charge < -0.3 is 19.5 Å². The zero-order valence-electron chi connectivity index (χ0n) is 11.5. The summed E-state index contributed by atoms with van der Waals surface area (Å²) in [7, 11) is 0. The molecule has 0 aliphatic carbocycles. The molecule has 0 atom stereocenters. The highest BCUT2D eigenvalue weighted by atomic mass is 16.5. The monoisotopic (exact) mass is 299 g/mol. The molecule has 2 heterocycles. The predicted molar refractivity (Wildman–Crippen MR) is 76.9 cm³/mol. The third-order valence-corrected chi connectivity index (χ3v) is 3.03. The van der Waals surface area contributed by atoms with Gasteiger partial charge in [0.2, 0.25) is 0 Å². The lowest BCUT2D eigenvalue weighted by molar-refractivity contribution is -0.124. The van der Waals surface area contributed by atoms with Crippen molar-refractivity contribution < 1.29 is 18.7 Å². The molecule has 0 spiro atoms. The molecule has 1 aromatic carbocycles. The number of imidazole rings is 1. The molecule has 0 saturated carbocycles. The number of H-pyrrole nitrogens is 1. The highest BCUT2D eigenvalue weighted by Crippen LogP contribution is 2.12. The van der Waals surface area contributed by atoms with Gasteiger partial charge in [0.25, 0.3) is 5.91 Å². The molecule has 0 aliphatic rings. The zero-order chi connectivity index (χ0) is 15.4. The average Bonchev–Trinajstić information content (AvgIpc) is 3.20. The molecular weight excluding hydrogens is 286 g/mol. The molecule has 7 nitrogen and oxygen atoms in total. The molecule has 0 saturated heterocycles. The Morgan fingerprint density at radius 1 is 1.32 bits per heavy atom. The van der Waals surface area contributed by atoms with Crippen molar-refractivity contribution in [1.82, 2.24) is 15.3 Å². The van der Waals surface area contributed by atoms with Crippen LogP contribution in [0.25, 0.3) is 11.0 Å². The third-order valence-electron chi connectivity index (χ3n) is 3.03. The Balaban J connectivity index is 1.51. The van der Waals surface area contributed by atoms with Crippen molar-refractivity contribution in [2.75, 3.05) is 6.61 Å². The fourth-order valence-corrected chi connectivity index (χ4v) is 1.93. The van der Waals surface area contributed by atoms with Gasteiger partial charge in [0.15, 0.2) is 6.61 Å². The van der Waals surface area contributed by atoms with Crippen LogP contribution in [0.3, 0.4) is 0 Å². The predicted octanol–water partition coefficient (Wildman–Crippen LogP) is 1.63. The molecule has 112 valence electrons. The molecule has 0 bridgehead atoms. The van der Waals surface area contributed by atoms with E-state index >= 15 is 0 Å². The number of esters is 1. The van der Waals surface area contributed by atoms with E-state index in [0.717, 1.165) is 11.0 Å². The highest BCUT2D eigenvalue weighted by molar-refractivity contribution is 5.94. The van der Waals surface area contributed by atoms with Gasteiger partial charge in [-0.2, -0.15) is 0 Å². The summed E-state index contributed by atoms with van der Waals surface area (Å²) in [5.41, 5.74) is 1.85. The number of nitrogens with one attached hydrogen (secondary N) is 2. The summed E-state index contributed by atoms with van der Waals surface area (Å²) in [6, 6.07) is 8.41. The maximum atomic E-state index is 11.9. The molecular formula is C15H13N3O4. The summed E-state index contributed by atoms with van der Waals surface area (Å²) < 4.78 is 10.0. The minimum atomic E-state index is -0.565. The van der Waals surface area contributed by atoms with E-state index in [9.17, 15) is 9.59 Å². The fourth-order valence-electron chi connectivity index (χ4n) is 1.93. The van der Waals surface area contributed by atoms with Gasteiger partial charge in [0.05, 0.1) is 35.7 Å². The molecule has 0 fully saturated rings. The van der Waals surface area contributed by atoms with E-state index in [1.165, 1.54) is 6.26 Å². The Kier molecular flexibility index (Phi) is 3.86. The van der Waals surface area contributed by atoms with Crippen LogP contribution in [0.5, 0.6) is 0 Å². The number of rotatable bonds is 5. The summed E-state index contributed by atoms with van der Waals surface area (Å²) >= 11 is 0. The topological polar surface area (TPSA) is 97.2 Å². The van der Waals surface area contributed by atoms with E-state index in [-0.39, 0.29) is 13.2 Å². The lowest BCUT2D eigenvalue weighted by atomic mass is 10.2. The lowest BCUT2D eigenvalue weighted by Gasteiger charge is -2.05. The molecule has 1 amide bonds. The number of nitrogens with zero attached hydrogens (tertiary/aromatic N) is 1. The van der Waals surface area contributed by atoms with E-state index in [1.54, 1.807) is 36.7 Å². The van der Waals surface area contributed by atoms with Crippen LogP contribution in [0.4, 0.5) is 0 Å². The van der Waals surface area contributed by atoms with Crippen LogP contribution in [-0.4, -0.2) is 28.5 Å². The number of benzene rings is 1. The van der Waals surface area contributed by atoms with E-state index in [2.05, 4.69) is 15.3 Å². The number of aromatic amines is 1. The van der Waals surface area contributed by atoms with Gasteiger partial charge in [-0.1, -0.05) is 0 Å². The quantitative estimate of drug-likeness (QED) is 0.698. The standard InChI is InChI=1S/C15H13N3O4/c19-14(16-7-11-2-1-5-21-11)8-22-15(20)10-3-4-12-13(6-10)18-9-17-12/h1-6,9H,7-8H2,(H,16,19)(H,17,18). The Hall–Kier alpha value is -3.09. The number of carbonyl (C=O) groups excluding carboxylic acids is 2. The number of furan rings is 1. The van der Waals surface area contributed by atoms with Crippen molar-refractivity contribution in [2.24, 2.45) is 0 Å². The van der Waals surface area contributed by atoms with Gasteiger partial charge in [-0.25, -0.2) is 9.78 Å². The largest absolute Gasteiger partial charge is 0.467 e. The minimum Gasteiger partial charge on any atom is -0.467 e. The van der Waals surface area contributed by atoms with E-state index in [4.69, 9.17) is 9.15 Å². The second-order valence-electron chi connectivity index (χ2n) is 4.57. The molecule has 2 aromatic heterocycles. The smallest absolute Gasteiger partial charge is 0.338 e. The number of aromatic nitrogens is 2. The van der Waals surface area contributed by atoms with Gasteiger partial charge in [0.1, 0.15) is 5.76 Å². The van der Waals surface area contributed by atoms with Crippen molar-refractivity contribution in [1.29, 1.82) is 0 Å². The number of amides is 1. The first-order valence-corrected chi connectivity index (χ1v) is 6.62. The van der Waals surface area contributed by atoms with Crippen LogP contribution in [0.1, 0.15) is 16.1 Å². The summed E-state index contributed by atoms with van der Waals surface area (Å²) in [6.45, 7) is -0.0932. The van der Waals surface area contributed by atoms with Gasteiger partial charge in [-0.05, 0) is 30.3 Å². The summed E-state index contributed by atoms with van der Waals surface area (Å²) in [5.74, 6) is -0.332. The highest BCUT2D eigenvalue weighted by Gasteiger charge is 2.11. The second kappa shape index (κ2) is 6.13. The van der Waals surface area contributed by atoms with Gasteiger partial charge >= 0.3 is 5.97 Å². The third kappa shape index (κ3) is 3.14. The number of hydrogen-bond donors (Lipinski definition) is 2.